The van der Waals surface area contributed by atoms with Crippen LogP contribution in [0.4, 0.5) is 0 Å². The van der Waals surface area contributed by atoms with Gasteiger partial charge in [0.25, 0.3) is 5.91 Å². The van der Waals surface area contributed by atoms with Gasteiger partial charge in [-0.15, -0.1) is 11.6 Å². The van der Waals surface area contributed by atoms with Crippen molar-refractivity contribution in [2.24, 2.45) is 11.8 Å². The Kier molecular flexibility index (Phi) is 4.87. The molecular formula is C11H21ClN2O. The first-order valence-corrected chi connectivity index (χ1v) is 6.23. The maximum absolute atomic E-state index is 11.8. The maximum atomic E-state index is 11.8. The number of rotatable bonds is 4. The number of alkyl halides is 1. The Morgan fingerprint density at radius 3 is 2.53 bits per heavy atom. The second-order valence-corrected chi connectivity index (χ2v) is 5.10. The van der Waals surface area contributed by atoms with Crippen LogP contribution in [0.2, 0.25) is 0 Å². The zero-order chi connectivity index (χ0) is 11.3. The van der Waals surface area contributed by atoms with Crippen LogP contribution >= 0.6 is 11.6 Å². The molecule has 1 aliphatic carbocycles. The van der Waals surface area contributed by atoms with Crippen LogP contribution in [0, 0.1) is 5.92 Å². The molecule has 0 aromatic carbocycles. The Labute approximate surface area is 96.7 Å². The topological polar surface area (TPSA) is 55.1 Å². The summed E-state index contributed by atoms with van der Waals surface area (Å²) in [6.07, 6.45) is 7.35. The van der Waals surface area contributed by atoms with Gasteiger partial charge in [0.05, 0.1) is 0 Å². The van der Waals surface area contributed by atoms with Gasteiger partial charge >= 0.3 is 0 Å². The van der Waals surface area contributed by atoms with E-state index in [1.165, 1.54) is 19.3 Å². The molecule has 1 unspecified atom stereocenters. The van der Waals surface area contributed by atoms with Crippen LogP contribution in [0.1, 0.15) is 51.9 Å². The molecule has 0 spiro atoms. The minimum Gasteiger partial charge on any atom is -0.293 e. The van der Waals surface area contributed by atoms with E-state index in [0.717, 1.165) is 19.3 Å². The molecule has 1 amide bonds. The van der Waals surface area contributed by atoms with E-state index in [0.29, 0.717) is 6.42 Å². The van der Waals surface area contributed by atoms with E-state index in [-0.39, 0.29) is 11.8 Å². The highest BCUT2D eigenvalue weighted by molar-refractivity contribution is 6.35. The van der Waals surface area contributed by atoms with Crippen LogP contribution in [0.25, 0.3) is 0 Å². The molecule has 3 N–H and O–H groups in total. The zero-order valence-electron chi connectivity index (χ0n) is 9.39. The first-order valence-electron chi connectivity index (χ1n) is 5.85. The van der Waals surface area contributed by atoms with Crippen molar-refractivity contribution in [2.45, 2.75) is 56.7 Å². The van der Waals surface area contributed by atoms with Crippen LogP contribution in [-0.2, 0) is 4.79 Å². The summed E-state index contributed by atoms with van der Waals surface area (Å²) in [5.74, 6) is 5.29. The fraction of sp³-hybridized carbons (Fsp3) is 0.909. The molecule has 1 saturated carbocycles. The number of nitrogens with two attached hydrogens (primary N) is 1. The first kappa shape index (κ1) is 12.8. The molecule has 0 bridgehead atoms. The highest BCUT2D eigenvalue weighted by atomic mass is 35.5. The van der Waals surface area contributed by atoms with Gasteiger partial charge in [-0.1, -0.05) is 32.6 Å². The summed E-state index contributed by atoms with van der Waals surface area (Å²) in [5.41, 5.74) is 2.22. The fourth-order valence-corrected chi connectivity index (χ4v) is 3.01. The number of halogens is 1. The molecule has 4 heteroatoms. The van der Waals surface area contributed by atoms with Crippen molar-refractivity contribution in [3.05, 3.63) is 0 Å². The molecule has 3 nitrogen and oxygen atoms in total. The Hall–Kier alpha value is -0.280. The first-order chi connectivity index (χ1) is 7.15. The van der Waals surface area contributed by atoms with Gasteiger partial charge in [-0.25, -0.2) is 5.84 Å². The standard InChI is InChI=1S/C11H21ClN2O/c1-2-8-11(12,10(15)14-13)9-6-4-3-5-7-9/h9H,2-8,13H2,1H3,(H,14,15). The lowest BCUT2D eigenvalue weighted by Gasteiger charge is -2.35. The van der Waals surface area contributed by atoms with Crippen LogP contribution in [0.15, 0.2) is 0 Å². The number of hydrogen-bond acceptors (Lipinski definition) is 2. The summed E-state index contributed by atoms with van der Waals surface area (Å²) in [6, 6.07) is 0. The van der Waals surface area contributed by atoms with Gasteiger partial charge < -0.3 is 0 Å². The highest BCUT2D eigenvalue weighted by Gasteiger charge is 2.42. The van der Waals surface area contributed by atoms with E-state index in [1.807, 2.05) is 6.92 Å². The van der Waals surface area contributed by atoms with Gasteiger partial charge in [0.2, 0.25) is 0 Å². The van der Waals surface area contributed by atoms with Crippen molar-refractivity contribution in [3.8, 4) is 0 Å². The molecule has 0 heterocycles. The summed E-state index contributed by atoms with van der Waals surface area (Å²) < 4.78 is 0. The predicted molar refractivity (Wildman–Crippen MR) is 62.4 cm³/mol. The molecule has 1 rings (SSSR count). The molecular weight excluding hydrogens is 212 g/mol. The quantitative estimate of drug-likeness (QED) is 0.338. The molecule has 1 aliphatic rings. The highest BCUT2D eigenvalue weighted by Crippen LogP contribution is 2.40. The van der Waals surface area contributed by atoms with Crippen molar-refractivity contribution in [2.75, 3.05) is 0 Å². The van der Waals surface area contributed by atoms with Crippen molar-refractivity contribution < 1.29 is 4.79 Å². The van der Waals surface area contributed by atoms with E-state index in [1.54, 1.807) is 0 Å². The van der Waals surface area contributed by atoms with Crippen LogP contribution in [0.3, 0.4) is 0 Å². The summed E-state index contributed by atoms with van der Waals surface area (Å²) in [7, 11) is 0. The average molecular weight is 233 g/mol. The summed E-state index contributed by atoms with van der Waals surface area (Å²) in [6.45, 7) is 2.05. The molecule has 0 aliphatic heterocycles. The number of hydrazine groups is 1. The summed E-state index contributed by atoms with van der Waals surface area (Å²) in [4.78, 5) is 11.0. The Bertz CT molecular complexity index is 217. The summed E-state index contributed by atoms with van der Waals surface area (Å²) in [5, 5.41) is 0. The molecule has 0 radical (unpaired) electrons. The second kappa shape index (κ2) is 5.71. The molecule has 1 fully saturated rings. The lowest BCUT2D eigenvalue weighted by atomic mass is 9.77. The van der Waals surface area contributed by atoms with Gasteiger partial charge in [-0.05, 0) is 25.2 Å². The Morgan fingerprint density at radius 2 is 2.07 bits per heavy atom. The molecule has 0 aromatic rings. The third-order valence-electron chi connectivity index (χ3n) is 3.37. The normalized spacial score (nSPS) is 22.1. The predicted octanol–water partition coefficient (Wildman–Crippen LogP) is 2.33. The molecule has 0 aromatic heterocycles. The Morgan fingerprint density at radius 1 is 1.47 bits per heavy atom. The molecule has 0 saturated heterocycles. The van der Waals surface area contributed by atoms with Gasteiger partial charge in [0, 0.05) is 0 Å². The SMILES string of the molecule is CCCC(Cl)(C(=O)NN)C1CCCCC1. The van der Waals surface area contributed by atoms with E-state index >= 15 is 0 Å². The van der Waals surface area contributed by atoms with Gasteiger partial charge in [0.1, 0.15) is 4.87 Å². The van der Waals surface area contributed by atoms with E-state index in [2.05, 4.69) is 5.43 Å². The van der Waals surface area contributed by atoms with Gasteiger partial charge in [0.15, 0.2) is 0 Å². The Balaban J connectivity index is 2.73. The lowest BCUT2D eigenvalue weighted by molar-refractivity contribution is -0.125. The van der Waals surface area contributed by atoms with E-state index in [4.69, 9.17) is 17.4 Å². The van der Waals surface area contributed by atoms with Crippen molar-refractivity contribution >= 4 is 17.5 Å². The average Bonchev–Trinajstić information content (AvgIpc) is 2.29. The lowest BCUT2D eigenvalue weighted by Crippen LogP contribution is -2.50. The number of amides is 1. The number of hydrogen-bond donors (Lipinski definition) is 2. The monoisotopic (exact) mass is 232 g/mol. The van der Waals surface area contributed by atoms with Crippen LogP contribution in [-0.4, -0.2) is 10.8 Å². The number of carbonyl (C=O) groups excluding carboxylic acids is 1. The third-order valence-corrected chi connectivity index (χ3v) is 4.04. The minimum atomic E-state index is -0.774. The van der Waals surface area contributed by atoms with E-state index < -0.39 is 4.87 Å². The zero-order valence-corrected chi connectivity index (χ0v) is 10.1. The third kappa shape index (κ3) is 2.85. The second-order valence-electron chi connectivity index (χ2n) is 4.42. The largest absolute Gasteiger partial charge is 0.293 e. The van der Waals surface area contributed by atoms with Crippen LogP contribution < -0.4 is 11.3 Å². The fourth-order valence-electron chi connectivity index (χ4n) is 2.55. The van der Waals surface area contributed by atoms with Crippen molar-refractivity contribution in [1.82, 2.24) is 5.43 Å². The van der Waals surface area contributed by atoms with Crippen LogP contribution in [0.5, 0.6) is 0 Å². The number of nitrogens with one attached hydrogen (secondary N) is 1. The van der Waals surface area contributed by atoms with Crippen molar-refractivity contribution in [3.63, 3.8) is 0 Å². The smallest absolute Gasteiger partial charge is 0.255 e. The molecule has 15 heavy (non-hydrogen) atoms. The minimum absolute atomic E-state index is 0.210. The molecule has 1 atom stereocenters. The molecule has 88 valence electrons. The number of carbonyl (C=O) groups is 1. The van der Waals surface area contributed by atoms with E-state index in [9.17, 15) is 4.79 Å². The van der Waals surface area contributed by atoms with Crippen molar-refractivity contribution in [1.29, 1.82) is 0 Å². The maximum Gasteiger partial charge on any atom is 0.255 e. The summed E-state index contributed by atoms with van der Waals surface area (Å²) >= 11 is 6.48. The van der Waals surface area contributed by atoms with Gasteiger partial charge in [-0.3, -0.25) is 10.2 Å². The van der Waals surface area contributed by atoms with Gasteiger partial charge in [-0.2, -0.15) is 0 Å².